The van der Waals surface area contributed by atoms with E-state index in [-0.39, 0.29) is 0 Å². The molecule has 1 fully saturated rings. The van der Waals surface area contributed by atoms with Crippen molar-refractivity contribution in [3.8, 4) is 0 Å². The summed E-state index contributed by atoms with van der Waals surface area (Å²) >= 11 is 0. The molecule has 1 amide bonds. The van der Waals surface area contributed by atoms with Gasteiger partial charge in [0.1, 0.15) is 0 Å². The lowest BCUT2D eigenvalue weighted by atomic mass is 10.1. The van der Waals surface area contributed by atoms with Gasteiger partial charge in [-0.2, -0.15) is 4.98 Å². The zero-order valence-electron chi connectivity index (χ0n) is 12.7. The third-order valence-corrected chi connectivity index (χ3v) is 3.85. The Morgan fingerprint density at radius 3 is 2.59 bits per heavy atom. The van der Waals surface area contributed by atoms with Crippen LogP contribution in [0.15, 0.2) is 28.8 Å². The van der Waals surface area contributed by atoms with Gasteiger partial charge >= 0.3 is 0 Å². The summed E-state index contributed by atoms with van der Waals surface area (Å²) in [5.41, 5.74) is 6.94. The number of primary amides is 1. The molecule has 0 radical (unpaired) electrons. The fourth-order valence-electron chi connectivity index (χ4n) is 2.43. The molecule has 1 aromatic carbocycles. The molecule has 2 aromatic rings. The molecular formula is C16H20N4O2. The van der Waals surface area contributed by atoms with Crippen molar-refractivity contribution in [2.45, 2.75) is 45.3 Å². The second kappa shape index (κ2) is 6.27. The number of carbonyl (C=O) groups is 1. The molecule has 22 heavy (non-hydrogen) atoms. The third kappa shape index (κ3) is 3.51. The van der Waals surface area contributed by atoms with Gasteiger partial charge < -0.3 is 10.3 Å². The van der Waals surface area contributed by atoms with E-state index >= 15 is 0 Å². The lowest BCUT2D eigenvalue weighted by molar-refractivity contribution is 0.100. The van der Waals surface area contributed by atoms with Crippen LogP contribution in [0.5, 0.6) is 0 Å². The molecule has 0 atom stereocenters. The molecule has 6 heteroatoms. The Hall–Kier alpha value is -2.21. The van der Waals surface area contributed by atoms with E-state index in [1.807, 2.05) is 19.1 Å². The lowest BCUT2D eigenvalue weighted by Crippen LogP contribution is -2.25. The molecule has 0 spiro atoms. The Balaban J connectivity index is 1.67. The molecular weight excluding hydrogens is 280 g/mol. The van der Waals surface area contributed by atoms with Crippen molar-refractivity contribution in [2.75, 3.05) is 0 Å². The molecule has 0 unspecified atom stereocenters. The van der Waals surface area contributed by atoms with Crippen molar-refractivity contribution < 1.29 is 9.32 Å². The molecule has 1 aliphatic rings. The topological polar surface area (TPSA) is 85.3 Å². The molecule has 1 saturated carbocycles. The summed E-state index contributed by atoms with van der Waals surface area (Å²) in [6.45, 7) is 3.47. The zero-order valence-corrected chi connectivity index (χ0v) is 12.7. The maximum atomic E-state index is 11.1. The van der Waals surface area contributed by atoms with Gasteiger partial charge in [-0.05, 0) is 30.5 Å². The van der Waals surface area contributed by atoms with Crippen molar-refractivity contribution >= 4 is 5.91 Å². The van der Waals surface area contributed by atoms with Gasteiger partial charge in [-0.15, -0.1) is 0 Å². The summed E-state index contributed by atoms with van der Waals surface area (Å²) in [6.07, 6.45) is 3.18. The number of aromatic nitrogens is 2. The van der Waals surface area contributed by atoms with E-state index in [1.165, 1.54) is 12.8 Å². The Labute approximate surface area is 129 Å². The smallest absolute Gasteiger partial charge is 0.248 e. The minimum atomic E-state index is -0.399. The van der Waals surface area contributed by atoms with Crippen molar-refractivity contribution in [3.63, 3.8) is 0 Å². The molecule has 6 nitrogen and oxygen atoms in total. The number of aryl methyl sites for hydroxylation is 1. The molecule has 3 rings (SSSR count). The standard InChI is InChI=1S/C16H20N4O2/c1-2-14-18-15(22-19-14)10-20(13-7-8-13)9-11-3-5-12(6-4-11)16(17)21/h3-6,13H,2,7-10H2,1H3,(H2,17,21). The molecule has 1 aromatic heterocycles. The first-order chi connectivity index (χ1) is 10.7. The van der Waals surface area contributed by atoms with Crippen LogP contribution in [-0.2, 0) is 19.5 Å². The second-order valence-corrected chi connectivity index (χ2v) is 5.66. The quantitative estimate of drug-likeness (QED) is 0.844. The molecule has 1 heterocycles. The van der Waals surface area contributed by atoms with Crippen LogP contribution in [0.4, 0.5) is 0 Å². The highest BCUT2D eigenvalue weighted by atomic mass is 16.5. The van der Waals surface area contributed by atoms with Crippen molar-refractivity contribution in [3.05, 3.63) is 47.1 Å². The Kier molecular flexibility index (Phi) is 4.20. The number of benzene rings is 1. The first-order valence-corrected chi connectivity index (χ1v) is 7.60. The highest BCUT2D eigenvalue weighted by molar-refractivity contribution is 5.92. The average molecular weight is 300 g/mol. The number of hydrogen-bond donors (Lipinski definition) is 1. The summed E-state index contributed by atoms with van der Waals surface area (Å²) in [5.74, 6) is 1.01. The number of nitrogens with zero attached hydrogens (tertiary/aromatic N) is 3. The molecule has 1 aliphatic carbocycles. The summed E-state index contributed by atoms with van der Waals surface area (Å²) < 4.78 is 5.29. The van der Waals surface area contributed by atoms with Crippen LogP contribution in [-0.4, -0.2) is 27.0 Å². The van der Waals surface area contributed by atoms with Gasteiger partial charge in [-0.25, -0.2) is 0 Å². The number of carbonyl (C=O) groups excluding carboxylic acids is 1. The van der Waals surface area contributed by atoms with Gasteiger partial charge in [-0.3, -0.25) is 9.69 Å². The van der Waals surface area contributed by atoms with Crippen molar-refractivity contribution in [1.82, 2.24) is 15.0 Å². The molecule has 116 valence electrons. The van der Waals surface area contributed by atoms with Crippen LogP contribution < -0.4 is 5.73 Å². The minimum Gasteiger partial charge on any atom is -0.366 e. The van der Waals surface area contributed by atoms with Crippen LogP contribution >= 0.6 is 0 Å². The third-order valence-electron chi connectivity index (χ3n) is 3.85. The highest BCUT2D eigenvalue weighted by Crippen LogP contribution is 2.29. The molecule has 0 saturated heterocycles. The second-order valence-electron chi connectivity index (χ2n) is 5.66. The minimum absolute atomic E-state index is 0.399. The SMILES string of the molecule is CCc1noc(CN(Cc2ccc(C(N)=O)cc2)C2CC2)n1. The summed E-state index contributed by atoms with van der Waals surface area (Å²) in [4.78, 5) is 17.8. The van der Waals surface area contributed by atoms with E-state index in [1.54, 1.807) is 12.1 Å². The number of nitrogens with two attached hydrogens (primary N) is 1. The van der Waals surface area contributed by atoms with E-state index < -0.39 is 5.91 Å². The first kappa shape index (κ1) is 14.7. The van der Waals surface area contributed by atoms with E-state index in [0.29, 0.717) is 24.0 Å². The summed E-state index contributed by atoms with van der Waals surface area (Å²) in [7, 11) is 0. The molecule has 2 N–H and O–H groups in total. The Bertz CT molecular complexity index is 646. The van der Waals surface area contributed by atoms with E-state index in [9.17, 15) is 4.79 Å². The monoisotopic (exact) mass is 300 g/mol. The van der Waals surface area contributed by atoms with Gasteiger partial charge in [0.2, 0.25) is 11.8 Å². The first-order valence-electron chi connectivity index (χ1n) is 7.60. The summed E-state index contributed by atoms with van der Waals surface area (Å²) in [6, 6.07) is 8.00. The van der Waals surface area contributed by atoms with E-state index in [0.717, 1.165) is 24.4 Å². The number of rotatable bonds is 7. The summed E-state index contributed by atoms with van der Waals surface area (Å²) in [5, 5.41) is 3.94. The van der Waals surface area contributed by atoms with Gasteiger partial charge in [0.05, 0.1) is 6.54 Å². The average Bonchev–Trinajstić information content (AvgIpc) is 3.27. The van der Waals surface area contributed by atoms with Crippen LogP contribution in [0.1, 0.15) is 47.4 Å². The van der Waals surface area contributed by atoms with Crippen molar-refractivity contribution in [2.24, 2.45) is 5.73 Å². The maximum Gasteiger partial charge on any atom is 0.248 e. The molecule has 0 bridgehead atoms. The Morgan fingerprint density at radius 1 is 1.32 bits per heavy atom. The van der Waals surface area contributed by atoms with Gasteiger partial charge in [-0.1, -0.05) is 24.2 Å². The largest absolute Gasteiger partial charge is 0.366 e. The van der Waals surface area contributed by atoms with Gasteiger partial charge in [0.25, 0.3) is 0 Å². The normalized spacial score (nSPS) is 14.5. The van der Waals surface area contributed by atoms with Crippen LogP contribution in [0.25, 0.3) is 0 Å². The van der Waals surface area contributed by atoms with Crippen molar-refractivity contribution in [1.29, 1.82) is 0 Å². The van der Waals surface area contributed by atoms with Gasteiger partial charge in [0.15, 0.2) is 5.82 Å². The van der Waals surface area contributed by atoms with Crippen LogP contribution in [0.3, 0.4) is 0 Å². The maximum absolute atomic E-state index is 11.1. The Morgan fingerprint density at radius 2 is 2.05 bits per heavy atom. The predicted octanol–water partition coefficient (Wildman–Crippen LogP) is 1.90. The highest BCUT2D eigenvalue weighted by Gasteiger charge is 2.30. The van der Waals surface area contributed by atoms with Crippen LogP contribution in [0, 0.1) is 0 Å². The zero-order chi connectivity index (χ0) is 15.5. The van der Waals surface area contributed by atoms with E-state index in [4.69, 9.17) is 10.3 Å². The predicted molar refractivity (Wildman–Crippen MR) is 80.9 cm³/mol. The van der Waals surface area contributed by atoms with Crippen LogP contribution in [0.2, 0.25) is 0 Å². The van der Waals surface area contributed by atoms with Gasteiger partial charge in [0, 0.05) is 24.6 Å². The lowest BCUT2D eigenvalue weighted by Gasteiger charge is -2.20. The van der Waals surface area contributed by atoms with E-state index in [2.05, 4.69) is 15.0 Å². The molecule has 0 aliphatic heterocycles. The number of amides is 1. The fraction of sp³-hybridized carbons (Fsp3) is 0.438. The fourth-order valence-corrected chi connectivity index (χ4v) is 2.43. The number of hydrogen-bond acceptors (Lipinski definition) is 5.